The van der Waals surface area contributed by atoms with Gasteiger partial charge in [-0.3, -0.25) is 9.59 Å². The first-order chi connectivity index (χ1) is 12.2. The van der Waals surface area contributed by atoms with Gasteiger partial charge in [-0.1, -0.05) is 24.3 Å². The number of imide groups is 1. The average Bonchev–Trinajstić information content (AvgIpc) is 3.32. The normalized spacial score (nSPS) is 13.7. The standard InChI is InChI=1S/C18H10N4O2S/c23-16-10-5-1-2-6-11(10)17(24)22(16)18-21-14(9-25-18)15-19-12-7-3-4-8-13(12)20-15/h1-9H,(H,19,20). The number of nitrogens with one attached hydrogen (secondary N) is 1. The van der Waals surface area contributed by atoms with E-state index in [0.717, 1.165) is 15.9 Å². The van der Waals surface area contributed by atoms with E-state index < -0.39 is 0 Å². The number of aromatic amines is 1. The van der Waals surface area contributed by atoms with E-state index >= 15 is 0 Å². The monoisotopic (exact) mass is 346 g/mol. The maximum Gasteiger partial charge on any atom is 0.268 e. The van der Waals surface area contributed by atoms with Crippen molar-refractivity contribution in [1.82, 2.24) is 15.0 Å². The van der Waals surface area contributed by atoms with Gasteiger partial charge in [0.2, 0.25) is 0 Å². The maximum absolute atomic E-state index is 12.5. The smallest absolute Gasteiger partial charge is 0.268 e. The molecule has 3 heterocycles. The molecule has 2 aromatic heterocycles. The zero-order chi connectivity index (χ0) is 17.0. The molecule has 2 amide bonds. The Balaban J connectivity index is 1.55. The van der Waals surface area contributed by atoms with E-state index in [0.29, 0.717) is 27.8 Å². The largest absolute Gasteiger partial charge is 0.337 e. The van der Waals surface area contributed by atoms with Gasteiger partial charge in [0.15, 0.2) is 11.0 Å². The first-order valence-corrected chi connectivity index (χ1v) is 8.49. The van der Waals surface area contributed by atoms with Gasteiger partial charge < -0.3 is 4.98 Å². The summed E-state index contributed by atoms with van der Waals surface area (Å²) in [6.45, 7) is 0. The molecule has 5 rings (SSSR count). The Morgan fingerprint density at radius 3 is 2.28 bits per heavy atom. The van der Waals surface area contributed by atoms with E-state index in [1.165, 1.54) is 11.3 Å². The molecule has 1 aliphatic rings. The molecule has 0 spiro atoms. The van der Waals surface area contributed by atoms with Crippen LogP contribution >= 0.6 is 11.3 Å². The summed E-state index contributed by atoms with van der Waals surface area (Å²) in [5.41, 5.74) is 3.18. The summed E-state index contributed by atoms with van der Waals surface area (Å²) in [6, 6.07) is 14.5. The molecule has 0 saturated heterocycles. The van der Waals surface area contributed by atoms with Gasteiger partial charge in [-0.2, -0.15) is 0 Å². The molecule has 0 bridgehead atoms. The van der Waals surface area contributed by atoms with Crippen LogP contribution in [0.5, 0.6) is 0 Å². The first kappa shape index (κ1) is 14.1. The minimum atomic E-state index is -0.342. The highest BCUT2D eigenvalue weighted by atomic mass is 32.1. The third-order valence-electron chi connectivity index (χ3n) is 4.11. The highest BCUT2D eigenvalue weighted by Gasteiger charge is 2.38. The van der Waals surface area contributed by atoms with Crippen LogP contribution in [0.3, 0.4) is 0 Å². The Hall–Kier alpha value is -3.32. The third kappa shape index (κ3) is 2.03. The van der Waals surface area contributed by atoms with Crippen molar-refractivity contribution in [3.63, 3.8) is 0 Å². The van der Waals surface area contributed by atoms with E-state index in [9.17, 15) is 9.59 Å². The number of carbonyl (C=O) groups excluding carboxylic acids is 2. The minimum Gasteiger partial charge on any atom is -0.337 e. The van der Waals surface area contributed by atoms with Crippen LogP contribution in [0.25, 0.3) is 22.6 Å². The molecule has 0 atom stereocenters. The zero-order valence-corrected chi connectivity index (χ0v) is 13.6. The van der Waals surface area contributed by atoms with E-state index in [4.69, 9.17) is 0 Å². The molecule has 1 N–H and O–H groups in total. The molecule has 0 radical (unpaired) electrons. The van der Waals surface area contributed by atoms with Crippen LogP contribution in [0, 0.1) is 0 Å². The van der Waals surface area contributed by atoms with Crippen molar-refractivity contribution >= 4 is 39.3 Å². The molecule has 6 nitrogen and oxygen atoms in total. The van der Waals surface area contributed by atoms with Crippen LogP contribution in [0.1, 0.15) is 20.7 Å². The van der Waals surface area contributed by atoms with Crippen molar-refractivity contribution < 1.29 is 9.59 Å². The number of para-hydroxylation sites is 2. The van der Waals surface area contributed by atoms with E-state index in [-0.39, 0.29) is 11.8 Å². The van der Waals surface area contributed by atoms with Crippen molar-refractivity contribution in [2.45, 2.75) is 0 Å². The molecular weight excluding hydrogens is 336 g/mol. The van der Waals surface area contributed by atoms with Gasteiger partial charge in [0.1, 0.15) is 5.69 Å². The molecule has 4 aromatic rings. The fourth-order valence-electron chi connectivity index (χ4n) is 2.91. The lowest BCUT2D eigenvalue weighted by Gasteiger charge is -2.08. The fraction of sp³-hybridized carbons (Fsp3) is 0. The second kappa shape index (κ2) is 5.09. The number of fused-ring (bicyclic) bond motifs is 2. The quantitative estimate of drug-likeness (QED) is 0.564. The number of aromatic nitrogens is 3. The van der Waals surface area contributed by atoms with Gasteiger partial charge in [0, 0.05) is 5.38 Å². The molecule has 7 heteroatoms. The van der Waals surface area contributed by atoms with Crippen LogP contribution in [0.15, 0.2) is 53.9 Å². The van der Waals surface area contributed by atoms with E-state index in [1.54, 1.807) is 29.6 Å². The summed E-state index contributed by atoms with van der Waals surface area (Å²) in [7, 11) is 0. The van der Waals surface area contributed by atoms with Crippen LogP contribution in [-0.4, -0.2) is 26.8 Å². The van der Waals surface area contributed by atoms with Gasteiger partial charge in [-0.05, 0) is 24.3 Å². The Kier molecular flexibility index (Phi) is 2.86. The number of thiazole rings is 1. The van der Waals surface area contributed by atoms with Crippen molar-refractivity contribution in [1.29, 1.82) is 0 Å². The highest BCUT2D eigenvalue weighted by molar-refractivity contribution is 7.14. The van der Waals surface area contributed by atoms with Crippen LogP contribution < -0.4 is 4.90 Å². The highest BCUT2D eigenvalue weighted by Crippen LogP contribution is 2.33. The topological polar surface area (TPSA) is 79.0 Å². The van der Waals surface area contributed by atoms with Crippen LogP contribution in [0.2, 0.25) is 0 Å². The Bertz CT molecular complexity index is 1090. The lowest BCUT2D eigenvalue weighted by Crippen LogP contribution is -2.29. The van der Waals surface area contributed by atoms with Gasteiger partial charge in [-0.15, -0.1) is 11.3 Å². The molecule has 2 aromatic carbocycles. The molecule has 0 fully saturated rings. The van der Waals surface area contributed by atoms with Crippen molar-refractivity contribution in [3.05, 3.63) is 65.0 Å². The van der Waals surface area contributed by atoms with Gasteiger partial charge in [0.25, 0.3) is 11.8 Å². The number of imidazole rings is 1. The zero-order valence-electron chi connectivity index (χ0n) is 12.8. The molecule has 0 unspecified atom stereocenters. The first-order valence-electron chi connectivity index (χ1n) is 7.61. The Labute approximate surface area is 145 Å². The SMILES string of the molecule is O=C1c2ccccc2C(=O)N1c1nc(-c2nc3ccccc3[nH]2)cs1. The molecule has 1 aliphatic heterocycles. The lowest BCUT2D eigenvalue weighted by atomic mass is 10.1. The summed E-state index contributed by atoms with van der Waals surface area (Å²) in [5.74, 6) is -0.0717. The number of hydrogen-bond acceptors (Lipinski definition) is 5. The summed E-state index contributed by atoms with van der Waals surface area (Å²) in [5, 5.41) is 2.14. The number of anilines is 1. The predicted octanol–water partition coefficient (Wildman–Crippen LogP) is 3.49. The van der Waals surface area contributed by atoms with Gasteiger partial charge in [-0.25, -0.2) is 14.9 Å². The number of hydrogen-bond donors (Lipinski definition) is 1. The van der Waals surface area contributed by atoms with Crippen LogP contribution in [-0.2, 0) is 0 Å². The number of H-pyrrole nitrogens is 1. The summed E-state index contributed by atoms with van der Waals surface area (Å²) >= 11 is 1.24. The molecular formula is C18H10N4O2S. The minimum absolute atomic E-state index is 0.342. The fourth-order valence-corrected chi connectivity index (χ4v) is 3.72. The van der Waals surface area contributed by atoms with Crippen LogP contribution in [0.4, 0.5) is 5.13 Å². The second-order valence-corrected chi connectivity index (χ2v) is 6.45. The number of carbonyl (C=O) groups is 2. The molecule has 120 valence electrons. The average molecular weight is 346 g/mol. The Morgan fingerprint density at radius 2 is 1.56 bits per heavy atom. The van der Waals surface area contributed by atoms with Crippen molar-refractivity contribution in [2.24, 2.45) is 0 Å². The summed E-state index contributed by atoms with van der Waals surface area (Å²) in [4.78, 5) is 38.4. The molecule has 0 saturated carbocycles. The predicted molar refractivity (Wildman–Crippen MR) is 94.8 cm³/mol. The third-order valence-corrected chi connectivity index (χ3v) is 4.94. The number of benzene rings is 2. The van der Waals surface area contributed by atoms with Gasteiger partial charge >= 0.3 is 0 Å². The maximum atomic E-state index is 12.5. The summed E-state index contributed by atoms with van der Waals surface area (Å²) < 4.78 is 0. The van der Waals surface area contributed by atoms with Crippen molar-refractivity contribution in [3.8, 4) is 11.5 Å². The van der Waals surface area contributed by atoms with Crippen molar-refractivity contribution in [2.75, 3.05) is 4.90 Å². The second-order valence-electron chi connectivity index (χ2n) is 5.61. The van der Waals surface area contributed by atoms with E-state index in [1.807, 2.05) is 24.3 Å². The summed E-state index contributed by atoms with van der Waals surface area (Å²) in [6.07, 6.45) is 0. The molecule has 25 heavy (non-hydrogen) atoms. The van der Waals surface area contributed by atoms with E-state index in [2.05, 4.69) is 15.0 Å². The number of nitrogens with zero attached hydrogens (tertiary/aromatic N) is 3. The van der Waals surface area contributed by atoms with Gasteiger partial charge in [0.05, 0.1) is 22.2 Å². The number of amides is 2. The number of rotatable bonds is 2. The Morgan fingerprint density at radius 1 is 0.880 bits per heavy atom. The lowest BCUT2D eigenvalue weighted by molar-refractivity contribution is 0.0926. The molecule has 0 aliphatic carbocycles.